The molecule has 0 saturated heterocycles. The minimum absolute atomic E-state index is 0.177. The SMILES string of the molecule is CC(C)COCCCNC(=O)c1ccc(S(=O)(=O)Nc2cccc(C(F)(F)F)c2)cc1. The molecule has 0 unspecified atom stereocenters. The third kappa shape index (κ3) is 7.87. The number of carbonyl (C=O) groups excluding carboxylic acids is 1. The summed E-state index contributed by atoms with van der Waals surface area (Å²) in [6.45, 7) is 5.67. The Bertz CT molecular complexity index is 975. The van der Waals surface area contributed by atoms with Crippen molar-refractivity contribution in [3.05, 3.63) is 59.7 Å². The molecule has 2 aromatic carbocycles. The Morgan fingerprint density at radius 3 is 2.39 bits per heavy atom. The van der Waals surface area contributed by atoms with Crippen LogP contribution in [0.2, 0.25) is 0 Å². The molecule has 0 radical (unpaired) electrons. The lowest BCUT2D eigenvalue weighted by molar-refractivity contribution is -0.137. The number of hydrogen-bond acceptors (Lipinski definition) is 4. The van der Waals surface area contributed by atoms with Gasteiger partial charge in [-0.15, -0.1) is 0 Å². The Morgan fingerprint density at radius 1 is 1.10 bits per heavy atom. The predicted molar refractivity (Wildman–Crippen MR) is 111 cm³/mol. The van der Waals surface area contributed by atoms with Gasteiger partial charge in [-0.05, 0) is 54.8 Å². The van der Waals surface area contributed by atoms with Crippen LogP contribution in [0.25, 0.3) is 0 Å². The second kappa shape index (κ2) is 10.6. The first kappa shape index (κ1) is 24.7. The molecule has 0 fully saturated rings. The molecule has 2 aromatic rings. The van der Waals surface area contributed by atoms with E-state index in [2.05, 4.69) is 10.0 Å². The maximum absolute atomic E-state index is 12.8. The Morgan fingerprint density at radius 2 is 1.77 bits per heavy atom. The first-order valence-corrected chi connectivity index (χ1v) is 11.1. The van der Waals surface area contributed by atoms with Gasteiger partial charge in [0, 0.05) is 31.0 Å². The van der Waals surface area contributed by atoms with E-state index in [1.165, 1.54) is 30.3 Å². The number of anilines is 1. The highest BCUT2D eigenvalue weighted by Crippen LogP contribution is 2.31. The van der Waals surface area contributed by atoms with Crippen molar-refractivity contribution in [2.24, 2.45) is 5.92 Å². The molecule has 0 aliphatic rings. The molecule has 0 bridgehead atoms. The molecule has 1 amide bonds. The number of halogens is 3. The molecule has 10 heteroatoms. The van der Waals surface area contributed by atoms with Crippen molar-refractivity contribution in [2.45, 2.75) is 31.3 Å². The average Bonchev–Trinajstić information content (AvgIpc) is 2.69. The van der Waals surface area contributed by atoms with Crippen molar-refractivity contribution < 1.29 is 31.1 Å². The summed E-state index contributed by atoms with van der Waals surface area (Å²) in [5, 5.41) is 2.71. The van der Waals surface area contributed by atoms with Gasteiger partial charge in [0.2, 0.25) is 0 Å². The van der Waals surface area contributed by atoms with Gasteiger partial charge in [0.15, 0.2) is 0 Å². The first-order valence-electron chi connectivity index (χ1n) is 9.65. The smallest absolute Gasteiger partial charge is 0.381 e. The molecule has 0 aliphatic carbocycles. The summed E-state index contributed by atoms with van der Waals surface area (Å²) in [7, 11) is -4.12. The number of sulfonamides is 1. The number of ether oxygens (including phenoxy) is 1. The summed E-state index contributed by atoms with van der Waals surface area (Å²) in [6, 6.07) is 9.01. The molecule has 31 heavy (non-hydrogen) atoms. The highest BCUT2D eigenvalue weighted by Gasteiger charge is 2.30. The Kier molecular flexibility index (Phi) is 8.46. The summed E-state index contributed by atoms with van der Waals surface area (Å²) in [5.74, 6) is 0.0751. The first-order chi connectivity index (χ1) is 14.5. The van der Waals surface area contributed by atoms with E-state index in [-0.39, 0.29) is 22.1 Å². The standard InChI is InChI=1S/C21H25F3N2O4S/c1-15(2)14-30-12-4-11-25-20(27)16-7-9-19(10-8-16)31(28,29)26-18-6-3-5-17(13-18)21(22,23)24/h3,5-10,13,15,26H,4,11-12,14H2,1-2H3,(H,25,27). The van der Waals surface area contributed by atoms with Gasteiger partial charge in [0.1, 0.15) is 0 Å². The highest BCUT2D eigenvalue weighted by molar-refractivity contribution is 7.92. The van der Waals surface area contributed by atoms with Crippen molar-refractivity contribution in [2.75, 3.05) is 24.5 Å². The number of amides is 1. The Labute approximate surface area is 179 Å². The van der Waals surface area contributed by atoms with Crippen molar-refractivity contribution in [1.29, 1.82) is 0 Å². The minimum Gasteiger partial charge on any atom is -0.381 e. The van der Waals surface area contributed by atoms with Crippen molar-refractivity contribution in [3.8, 4) is 0 Å². The molecule has 0 atom stereocenters. The lowest BCUT2D eigenvalue weighted by Crippen LogP contribution is -2.25. The van der Waals surface area contributed by atoms with Crippen LogP contribution in [0.4, 0.5) is 18.9 Å². The summed E-state index contributed by atoms with van der Waals surface area (Å²) in [4.78, 5) is 12.0. The van der Waals surface area contributed by atoms with Gasteiger partial charge in [-0.3, -0.25) is 9.52 Å². The van der Waals surface area contributed by atoms with E-state index in [1.54, 1.807) is 0 Å². The summed E-state index contributed by atoms with van der Waals surface area (Å²) >= 11 is 0. The van der Waals surface area contributed by atoms with Gasteiger partial charge in [0.25, 0.3) is 15.9 Å². The molecule has 0 aromatic heterocycles. The molecule has 6 nitrogen and oxygen atoms in total. The van der Waals surface area contributed by atoms with Gasteiger partial charge in [-0.25, -0.2) is 8.42 Å². The lowest BCUT2D eigenvalue weighted by Gasteiger charge is -2.12. The zero-order chi connectivity index (χ0) is 23.1. The number of nitrogens with one attached hydrogen (secondary N) is 2. The number of benzene rings is 2. The van der Waals surface area contributed by atoms with Crippen LogP contribution in [0.5, 0.6) is 0 Å². The topological polar surface area (TPSA) is 84.5 Å². The number of alkyl halides is 3. The maximum Gasteiger partial charge on any atom is 0.416 e. The minimum atomic E-state index is -4.59. The summed E-state index contributed by atoms with van der Waals surface area (Å²) in [5.41, 5.74) is -0.910. The second-order valence-corrected chi connectivity index (χ2v) is 8.97. The molecular formula is C21H25F3N2O4S. The van der Waals surface area contributed by atoms with Gasteiger partial charge in [0.05, 0.1) is 10.5 Å². The predicted octanol–water partition coefficient (Wildman–Crippen LogP) is 4.30. The molecule has 2 N–H and O–H groups in total. The Hall–Kier alpha value is -2.59. The van der Waals surface area contributed by atoms with E-state index >= 15 is 0 Å². The van der Waals surface area contributed by atoms with Crippen LogP contribution >= 0.6 is 0 Å². The highest BCUT2D eigenvalue weighted by atomic mass is 32.2. The third-order valence-corrected chi connectivity index (χ3v) is 5.47. The van der Waals surface area contributed by atoms with Crippen LogP contribution in [0.3, 0.4) is 0 Å². The monoisotopic (exact) mass is 458 g/mol. The maximum atomic E-state index is 12.8. The van der Waals surface area contributed by atoms with E-state index in [0.717, 1.165) is 12.1 Å². The normalized spacial score (nSPS) is 12.1. The quantitative estimate of drug-likeness (QED) is 0.520. The van der Waals surface area contributed by atoms with Crippen LogP contribution in [0.1, 0.15) is 36.2 Å². The fourth-order valence-electron chi connectivity index (χ4n) is 2.56. The third-order valence-electron chi connectivity index (χ3n) is 4.07. The second-order valence-electron chi connectivity index (χ2n) is 7.29. The number of rotatable bonds is 10. The molecule has 0 aliphatic heterocycles. The fourth-order valence-corrected chi connectivity index (χ4v) is 3.61. The van der Waals surface area contributed by atoms with E-state index in [9.17, 15) is 26.4 Å². The van der Waals surface area contributed by atoms with Gasteiger partial charge in [-0.1, -0.05) is 19.9 Å². The zero-order valence-electron chi connectivity index (χ0n) is 17.2. The van der Waals surface area contributed by atoms with Crippen molar-refractivity contribution in [1.82, 2.24) is 5.32 Å². The van der Waals surface area contributed by atoms with Crippen molar-refractivity contribution in [3.63, 3.8) is 0 Å². The summed E-state index contributed by atoms with van der Waals surface area (Å²) < 4.78 is 70.9. The molecule has 0 saturated carbocycles. The molecular weight excluding hydrogens is 433 g/mol. The number of hydrogen-bond donors (Lipinski definition) is 2. The van der Waals surface area contributed by atoms with Gasteiger partial charge < -0.3 is 10.1 Å². The van der Waals surface area contributed by atoms with Gasteiger partial charge in [-0.2, -0.15) is 13.2 Å². The number of carbonyl (C=O) groups is 1. The van der Waals surface area contributed by atoms with Crippen molar-refractivity contribution >= 4 is 21.6 Å². The molecule has 170 valence electrons. The average molecular weight is 459 g/mol. The molecule has 2 rings (SSSR count). The zero-order valence-corrected chi connectivity index (χ0v) is 18.0. The largest absolute Gasteiger partial charge is 0.416 e. The van der Waals surface area contributed by atoms with Crippen LogP contribution < -0.4 is 10.0 Å². The van der Waals surface area contributed by atoms with E-state index in [0.29, 0.717) is 38.2 Å². The van der Waals surface area contributed by atoms with Crippen LogP contribution in [-0.4, -0.2) is 34.1 Å². The van der Waals surface area contributed by atoms with Gasteiger partial charge >= 0.3 is 6.18 Å². The summed E-state index contributed by atoms with van der Waals surface area (Å²) in [6.07, 6.45) is -3.94. The van der Waals surface area contributed by atoms with E-state index in [1.807, 2.05) is 13.8 Å². The molecule has 0 heterocycles. The van der Waals surface area contributed by atoms with Crippen LogP contribution in [0.15, 0.2) is 53.4 Å². The lowest BCUT2D eigenvalue weighted by atomic mass is 10.2. The molecule has 0 spiro atoms. The van der Waals surface area contributed by atoms with E-state index in [4.69, 9.17) is 4.74 Å². The Balaban J connectivity index is 1.95. The fraction of sp³-hybridized carbons (Fsp3) is 0.381. The van der Waals surface area contributed by atoms with Crippen LogP contribution in [0, 0.1) is 5.92 Å². The van der Waals surface area contributed by atoms with Crippen LogP contribution in [-0.2, 0) is 20.9 Å². The van der Waals surface area contributed by atoms with E-state index < -0.39 is 21.8 Å².